The summed E-state index contributed by atoms with van der Waals surface area (Å²) >= 11 is 3.37. The van der Waals surface area contributed by atoms with Crippen molar-refractivity contribution in [3.05, 3.63) is 47.6 Å². The molecule has 0 saturated carbocycles. The van der Waals surface area contributed by atoms with Gasteiger partial charge in [-0.2, -0.15) is 0 Å². The van der Waals surface area contributed by atoms with E-state index < -0.39 is 0 Å². The summed E-state index contributed by atoms with van der Waals surface area (Å²) in [6.45, 7) is 4.75. The standard InChI is InChI=1S/C9H6BrN.CN.Cu/c10-8-5-7-3-1-2-4-9(7)11-6-8;1-2;/h1-6H;;/q;-1;+1. The molecule has 0 spiro atoms. The van der Waals surface area contributed by atoms with Crippen LogP contribution < -0.4 is 0 Å². The van der Waals surface area contributed by atoms with Crippen molar-refractivity contribution in [2.75, 3.05) is 0 Å². The van der Waals surface area contributed by atoms with Gasteiger partial charge in [0.25, 0.3) is 0 Å². The molecule has 2 aromatic rings. The number of hydrogen-bond acceptors (Lipinski definition) is 2. The summed E-state index contributed by atoms with van der Waals surface area (Å²) in [6, 6.07) is 10.1. The Kier molecular flexibility index (Phi) is 6.14. The molecule has 2 nitrogen and oxygen atoms in total. The number of aromatic nitrogens is 1. The molecule has 14 heavy (non-hydrogen) atoms. The Hall–Kier alpha value is -0.881. The molecule has 0 aliphatic rings. The monoisotopic (exact) mass is 296 g/mol. The zero-order valence-electron chi connectivity index (χ0n) is 7.04. The fourth-order valence-electron chi connectivity index (χ4n) is 1.04. The summed E-state index contributed by atoms with van der Waals surface area (Å²) in [7, 11) is 0. The van der Waals surface area contributed by atoms with Crippen LogP contribution in [-0.2, 0) is 17.1 Å². The van der Waals surface area contributed by atoms with Crippen LogP contribution in [0.25, 0.3) is 10.9 Å². The molecule has 1 aromatic heterocycles. The molecule has 0 atom stereocenters. The molecule has 0 fully saturated rings. The fraction of sp³-hybridized carbons (Fsp3) is 0. The van der Waals surface area contributed by atoms with Crippen molar-refractivity contribution in [1.29, 1.82) is 5.26 Å². The number of pyridine rings is 1. The second-order valence-corrected chi connectivity index (χ2v) is 3.26. The fourth-order valence-corrected chi connectivity index (χ4v) is 1.39. The summed E-state index contributed by atoms with van der Waals surface area (Å²) in [4.78, 5) is 4.23. The van der Waals surface area contributed by atoms with Gasteiger partial charge in [-0.25, -0.2) is 0 Å². The molecule has 4 heteroatoms. The second kappa shape index (κ2) is 6.56. The largest absolute Gasteiger partial charge is 1.00 e. The number of para-hydroxylation sites is 1. The number of halogens is 1. The minimum absolute atomic E-state index is 0. The maximum Gasteiger partial charge on any atom is 1.00 e. The number of rotatable bonds is 0. The van der Waals surface area contributed by atoms with Gasteiger partial charge in [-0.05, 0) is 28.1 Å². The second-order valence-electron chi connectivity index (χ2n) is 2.35. The molecule has 0 amide bonds. The van der Waals surface area contributed by atoms with Gasteiger partial charge in [0, 0.05) is 16.1 Å². The third-order valence-electron chi connectivity index (χ3n) is 1.56. The van der Waals surface area contributed by atoms with Crippen LogP contribution in [0.1, 0.15) is 0 Å². The SMILES string of the molecule is Brc1cnc2ccccc2c1.[C-]#N.[Cu+]. The van der Waals surface area contributed by atoms with E-state index in [1.807, 2.05) is 30.5 Å². The maximum atomic E-state index is 6.25. The summed E-state index contributed by atoms with van der Waals surface area (Å²) in [6.07, 6.45) is 1.81. The Morgan fingerprint density at radius 3 is 2.57 bits per heavy atom. The predicted octanol–water partition coefficient (Wildman–Crippen LogP) is 3.09. The molecular formula is C10H6BrCuN2. The number of nitrogens with zero attached hydrogens (tertiary/aromatic N) is 2. The topological polar surface area (TPSA) is 36.7 Å². The van der Waals surface area contributed by atoms with E-state index in [9.17, 15) is 0 Å². The van der Waals surface area contributed by atoms with Gasteiger partial charge in [-0.3, -0.25) is 4.98 Å². The average molecular weight is 298 g/mol. The van der Waals surface area contributed by atoms with Gasteiger partial charge in [-0.15, -0.1) is 0 Å². The van der Waals surface area contributed by atoms with Crippen molar-refractivity contribution >= 4 is 26.8 Å². The summed E-state index contributed by atoms with van der Waals surface area (Å²) in [5, 5.41) is 7.42. The molecule has 0 bridgehead atoms. The molecule has 2 rings (SSSR count). The van der Waals surface area contributed by atoms with E-state index in [2.05, 4.69) is 27.0 Å². The molecule has 74 valence electrons. The Morgan fingerprint density at radius 2 is 1.86 bits per heavy atom. The minimum atomic E-state index is 0. The average Bonchev–Trinajstić information content (AvgIpc) is 2.21. The molecule has 0 aliphatic carbocycles. The predicted molar refractivity (Wildman–Crippen MR) is 54.4 cm³/mol. The van der Waals surface area contributed by atoms with Gasteiger partial charge >= 0.3 is 17.1 Å². The molecular weight excluding hydrogens is 292 g/mol. The number of hydrogen-bond donors (Lipinski definition) is 0. The van der Waals surface area contributed by atoms with Crippen LogP contribution in [0.4, 0.5) is 0 Å². The number of fused-ring (bicyclic) bond motifs is 1. The zero-order chi connectivity index (χ0) is 9.68. The van der Waals surface area contributed by atoms with Crippen molar-refractivity contribution in [3.8, 4) is 0 Å². The van der Waals surface area contributed by atoms with E-state index in [1.54, 1.807) is 0 Å². The van der Waals surface area contributed by atoms with E-state index in [-0.39, 0.29) is 17.1 Å². The Labute approximate surface area is 102 Å². The van der Waals surface area contributed by atoms with E-state index in [0.717, 1.165) is 9.99 Å². The third-order valence-corrected chi connectivity index (χ3v) is 1.99. The van der Waals surface area contributed by atoms with Crippen molar-refractivity contribution in [1.82, 2.24) is 4.98 Å². The maximum absolute atomic E-state index is 6.25. The van der Waals surface area contributed by atoms with E-state index in [0.29, 0.717) is 0 Å². The first-order valence-electron chi connectivity index (χ1n) is 3.59. The van der Waals surface area contributed by atoms with Crippen molar-refractivity contribution in [2.24, 2.45) is 0 Å². The Bertz CT molecular complexity index is 428. The number of benzene rings is 1. The van der Waals surface area contributed by atoms with Crippen LogP contribution in [0, 0.1) is 11.8 Å². The van der Waals surface area contributed by atoms with Gasteiger partial charge in [-0.1, -0.05) is 18.2 Å². The molecule has 1 heterocycles. The van der Waals surface area contributed by atoms with E-state index in [1.165, 1.54) is 5.39 Å². The summed E-state index contributed by atoms with van der Waals surface area (Å²) in [5.74, 6) is 0. The molecule has 1 aromatic carbocycles. The minimum Gasteiger partial charge on any atom is -0.512 e. The van der Waals surface area contributed by atoms with Crippen molar-refractivity contribution < 1.29 is 17.1 Å². The molecule has 0 unspecified atom stereocenters. The first-order chi connectivity index (χ1) is 6.36. The first-order valence-corrected chi connectivity index (χ1v) is 4.38. The van der Waals surface area contributed by atoms with Crippen molar-refractivity contribution in [3.63, 3.8) is 0 Å². The summed E-state index contributed by atoms with van der Waals surface area (Å²) < 4.78 is 1.02. The molecule has 0 radical (unpaired) electrons. The van der Waals surface area contributed by atoms with Gasteiger partial charge in [0.05, 0.1) is 5.52 Å². The zero-order valence-corrected chi connectivity index (χ0v) is 9.57. The van der Waals surface area contributed by atoms with Crippen LogP contribution in [-0.4, -0.2) is 4.98 Å². The Balaban J connectivity index is 0.000000531. The molecule has 0 saturated heterocycles. The van der Waals surface area contributed by atoms with Crippen LogP contribution in [0.3, 0.4) is 0 Å². The third kappa shape index (κ3) is 3.11. The van der Waals surface area contributed by atoms with E-state index >= 15 is 0 Å². The van der Waals surface area contributed by atoms with Crippen LogP contribution in [0.2, 0.25) is 0 Å². The molecule has 0 aliphatic heterocycles. The quantitative estimate of drug-likeness (QED) is 0.553. The van der Waals surface area contributed by atoms with Gasteiger partial charge in [0.1, 0.15) is 0 Å². The summed E-state index contributed by atoms with van der Waals surface area (Å²) in [5.41, 5.74) is 1.04. The molecule has 0 N–H and O–H groups in total. The Morgan fingerprint density at radius 1 is 1.21 bits per heavy atom. The first kappa shape index (κ1) is 13.1. The van der Waals surface area contributed by atoms with E-state index in [4.69, 9.17) is 11.8 Å². The van der Waals surface area contributed by atoms with Gasteiger partial charge < -0.3 is 11.8 Å². The van der Waals surface area contributed by atoms with Crippen LogP contribution in [0.15, 0.2) is 41.0 Å². The smallest absolute Gasteiger partial charge is 0.512 e. The van der Waals surface area contributed by atoms with Gasteiger partial charge in [0.15, 0.2) is 0 Å². The van der Waals surface area contributed by atoms with Crippen LogP contribution in [0.5, 0.6) is 0 Å². The van der Waals surface area contributed by atoms with Crippen LogP contribution >= 0.6 is 15.9 Å². The van der Waals surface area contributed by atoms with Gasteiger partial charge in [0.2, 0.25) is 0 Å². The normalized spacial score (nSPS) is 8.21. The van der Waals surface area contributed by atoms with Crippen molar-refractivity contribution in [2.45, 2.75) is 0 Å².